The van der Waals surface area contributed by atoms with Crippen molar-refractivity contribution in [3.63, 3.8) is 0 Å². The van der Waals surface area contributed by atoms with Gasteiger partial charge in [-0.15, -0.1) is 0 Å². The summed E-state index contributed by atoms with van der Waals surface area (Å²) in [5, 5.41) is 0. The normalized spacial score (nSPS) is 26.0. The molecule has 2 atom stereocenters. The predicted octanol–water partition coefficient (Wildman–Crippen LogP) is 4.38. The number of nitrogens with zero attached hydrogens (tertiary/aromatic N) is 1. The number of hydrogen-bond donors (Lipinski definition) is 0. The molecular weight excluding hydrogens is 456 g/mol. The molecule has 0 saturated carbocycles. The van der Waals surface area contributed by atoms with Gasteiger partial charge in [0, 0.05) is 0 Å². The molecule has 2 aromatic carbocycles. The Hall–Kier alpha value is -1.25. The molecule has 146 valence electrons. The summed E-state index contributed by atoms with van der Waals surface area (Å²) in [4.78, 5) is 15.3. The Balaban J connectivity index is 1.80. The van der Waals surface area contributed by atoms with Crippen LogP contribution in [0, 0.1) is 0 Å². The van der Waals surface area contributed by atoms with Gasteiger partial charge >= 0.3 is 184 Å². The Kier molecular flexibility index (Phi) is 4.95. The Labute approximate surface area is 183 Å². The van der Waals surface area contributed by atoms with Gasteiger partial charge in [-0.3, -0.25) is 0 Å². The van der Waals surface area contributed by atoms with Crippen molar-refractivity contribution in [1.82, 2.24) is 4.90 Å². The van der Waals surface area contributed by atoms with Crippen LogP contribution in [0.4, 0.5) is 0 Å². The number of likely N-dealkylation sites (tertiary alicyclic amines) is 1. The van der Waals surface area contributed by atoms with Crippen LogP contribution in [0.2, 0.25) is 0 Å². The second-order valence-corrected chi connectivity index (χ2v) is 12.3. The van der Waals surface area contributed by atoms with Gasteiger partial charge in [0.25, 0.3) is 0 Å². The Bertz CT molecular complexity index is 935. The number of allylic oxidation sites excluding steroid dienone is 1. The van der Waals surface area contributed by atoms with Crippen molar-refractivity contribution >= 4 is 48.5 Å². The molecule has 1 heterocycles. The zero-order chi connectivity index (χ0) is 20.2. The Morgan fingerprint density at radius 3 is 2.32 bits per heavy atom. The van der Waals surface area contributed by atoms with Gasteiger partial charge in [-0.05, 0) is 0 Å². The van der Waals surface area contributed by atoms with Gasteiger partial charge in [-0.1, -0.05) is 0 Å². The van der Waals surface area contributed by atoms with E-state index in [1.54, 1.807) is 0 Å². The number of benzene rings is 2. The number of halogens is 2. The summed E-state index contributed by atoms with van der Waals surface area (Å²) >= 11 is 13.9. The molecule has 2 nitrogen and oxygen atoms in total. The van der Waals surface area contributed by atoms with E-state index in [1.165, 1.54) is 10.0 Å². The van der Waals surface area contributed by atoms with E-state index in [-0.39, 0.29) is 26.4 Å². The summed E-state index contributed by atoms with van der Waals surface area (Å²) in [5.74, 6) is -0.213. The number of alkyl halides is 2. The summed E-state index contributed by atoms with van der Waals surface area (Å²) in [6, 6.07) is 18.9. The fourth-order valence-corrected chi connectivity index (χ4v) is 7.03. The van der Waals surface area contributed by atoms with Crippen LogP contribution in [0.5, 0.6) is 0 Å². The molecule has 0 aromatic heterocycles. The maximum atomic E-state index is 13.2. The predicted molar refractivity (Wildman–Crippen MR) is 118 cm³/mol. The van der Waals surface area contributed by atoms with Crippen LogP contribution in [-0.4, -0.2) is 42.2 Å². The Morgan fingerprint density at radius 1 is 1.04 bits per heavy atom. The van der Waals surface area contributed by atoms with Crippen LogP contribution < -0.4 is 4.46 Å². The Morgan fingerprint density at radius 2 is 1.68 bits per heavy atom. The molecule has 1 fully saturated rings. The van der Waals surface area contributed by atoms with E-state index in [0.717, 1.165) is 5.56 Å². The number of fused-ring (bicyclic) bond motifs is 2. The zero-order valence-electron chi connectivity index (χ0n) is 16.2. The van der Waals surface area contributed by atoms with Gasteiger partial charge in [-0.25, -0.2) is 0 Å². The third-order valence-electron chi connectivity index (χ3n) is 5.60. The van der Waals surface area contributed by atoms with Gasteiger partial charge in [0.2, 0.25) is 0 Å². The van der Waals surface area contributed by atoms with E-state index < -0.39 is 9.75 Å². The van der Waals surface area contributed by atoms with E-state index >= 15 is 0 Å². The van der Waals surface area contributed by atoms with Gasteiger partial charge in [0.15, 0.2) is 0 Å². The first-order valence-corrected chi connectivity index (χ1v) is 12.0. The molecule has 5 heteroatoms. The molecule has 1 aliphatic carbocycles. The van der Waals surface area contributed by atoms with Crippen molar-refractivity contribution in [3.8, 4) is 0 Å². The average molecular weight is 479 g/mol. The van der Waals surface area contributed by atoms with Crippen molar-refractivity contribution in [2.24, 2.45) is 0 Å². The second kappa shape index (κ2) is 6.92. The quantitative estimate of drug-likeness (QED) is 0.356. The van der Waals surface area contributed by atoms with Crippen molar-refractivity contribution < 1.29 is 4.79 Å². The molecule has 0 N–H and O–H groups in total. The third kappa shape index (κ3) is 3.04. The van der Waals surface area contributed by atoms with E-state index in [2.05, 4.69) is 54.6 Å². The third-order valence-corrected chi connectivity index (χ3v) is 9.14. The van der Waals surface area contributed by atoms with Crippen molar-refractivity contribution in [2.75, 3.05) is 6.54 Å². The second-order valence-electron chi connectivity index (χ2n) is 8.41. The number of carbonyl (C=O) groups excluding carboxylic acids is 1. The molecule has 0 bridgehead atoms. The van der Waals surface area contributed by atoms with Crippen LogP contribution in [0.1, 0.15) is 36.7 Å². The van der Waals surface area contributed by atoms with Gasteiger partial charge in [-0.2, -0.15) is 0 Å². The van der Waals surface area contributed by atoms with Crippen LogP contribution >= 0.6 is 23.2 Å². The molecule has 1 amide bonds. The molecular formula is C23H23Cl2NOSe. The monoisotopic (exact) mass is 479 g/mol. The maximum absolute atomic E-state index is 13.2. The topological polar surface area (TPSA) is 20.3 Å². The molecule has 1 aliphatic heterocycles. The zero-order valence-corrected chi connectivity index (χ0v) is 19.4. The number of amides is 1. The molecule has 4 rings (SSSR count). The first-order chi connectivity index (χ1) is 13.2. The molecule has 28 heavy (non-hydrogen) atoms. The molecule has 1 unspecified atom stereocenters. The van der Waals surface area contributed by atoms with E-state index in [4.69, 9.17) is 23.2 Å². The minimum atomic E-state index is -1.52. The summed E-state index contributed by atoms with van der Waals surface area (Å²) in [5.41, 5.74) is 1.22. The van der Waals surface area contributed by atoms with Crippen molar-refractivity contribution in [3.05, 3.63) is 77.9 Å². The SMILES string of the molecule is CC(C)(C)N1CC2(C=C[C@H]([Se]c3ccccc3)c3ccccc32)C(Cl)(Cl)C1=O. The van der Waals surface area contributed by atoms with Gasteiger partial charge < -0.3 is 0 Å². The van der Waals surface area contributed by atoms with Gasteiger partial charge in [0.1, 0.15) is 0 Å². The summed E-state index contributed by atoms with van der Waals surface area (Å²) in [6.45, 7) is 6.55. The fraction of sp³-hybridized carbons (Fsp3) is 0.348. The van der Waals surface area contributed by atoms with E-state index in [1.807, 2.05) is 37.8 Å². The van der Waals surface area contributed by atoms with Crippen molar-refractivity contribution in [1.29, 1.82) is 0 Å². The van der Waals surface area contributed by atoms with Crippen molar-refractivity contribution in [2.45, 2.75) is 40.9 Å². The molecule has 1 saturated heterocycles. The summed E-state index contributed by atoms with van der Waals surface area (Å²) in [6.07, 6.45) is 4.32. The molecule has 0 radical (unpaired) electrons. The number of carbonyl (C=O) groups is 1. The summed E-state index contributed by atoms with van der Waals surface area (Å²) < 4.78 is -0.172. The number of hydrogen-bond acceptors (Lipinski definition) is 1. The summed E-state index contributed by atoms with van der Waals surface area (Å²) in [7, 11) is 0. The van der Waals surface area contributed by atoms with E-state index in [0.29, 0.717) is 11.4 Å². The molecule has 1 spiro atoms. The number of rotatable bonds is 2. The van der Waals surface area contributed by atoms with Crippen LogP contribution in [0.15, 0.2) is 66.7 Å². The molecule has 2 aromatic rings. The van der Waals surface area contributed by atoms with Crippen LogP contribution in [-0.2, 0) is 10.2 Å². The fourth-order valence-electron chi connectivity index (χ4n) is 4.08. The van der Waals surface area contributed by atoms with Crippen LogP contribution in [0.3, 0.4) is 0 Å². The first-order valence-electron chi connectivity index (χ1n) is 9.37. The first kappa shape index (κ1) is 20.0. The van der Waals surface area contributed by atoms with E-state index in [9.17, 15) is 4.79 Å². The minimum absolute atomic E-state index is 0.213. The van der Waals surface area contributed by atoms with Gasteiger partial charge in [0.05, 0.1) is 0 Å². The molecule has 2 aliphatic rings. The standard InChI is InChI=1S/C23H23Cl2NOSe/c1-21(2,3)26-15-22(23(24,25)20(26)27)14-13-19(17-11-7-8-12-18(17)22)28-16-9-5-4-6-10-16/h4-14,19H,15H2,1-3H3/t19-,22?/m0/s1. The van der Waals surface area contributed by atoms with Crippen LogP contribution in [0.25, 0.3) is 0 Å². The average Bonchev–Trinajstić information content (AvgIpc) is 2.86.